The van der Waals surface area contributed by atoms with E-state index >= 15 is 0 Å². The van der Waals surface area contributed by atoms with E-state index < -0.39 is 0 Å². The van der Waals surface area contributed by atoms with Crippen molar-refractivity contribution in [1.82, 2.24) is 10.3 Å². The van der Waals surface area contributed by atoms with E-state index in [2.05, 4.69) is 21.9 Å². The van der Waals surface area contributed by atoms with Crippen LogP contribution in [0.5, 0.6) is 5.88 Å². The highest BCUT2D eigenvalue weighted by Gasteiger charge is 2.18. The van der Waals surface area contributed by atoms with E-state index in [4.69, 9.17) is 10.5 Å². The van der Waals surface area contributed by atoms with Gasteiger partial charge >= 0.3 is 0 Å². The first kappa shape index (κ1) is 14.4. The number of aromatic nitrogens is 1. The van der Waals surface area contributed by atoms with E-state index in [9.17, 15) is 0 Å². The van der Waals surface area contributed by atoms with Gasteiger partial charge in [-0.25, -0.2) is 9.98 Å². The third kappa shape index (κ3) is 4.26. The molecule has 0 radical (unpaired) electrons. The van der Waals surface area contributed by atoms with Gasteiger partial charge in [0.05, 0.1) is 6.54 Å². The summed E-state index contributed by atoms with van der Waals surface area (Å²) >= 11 is 0. The van der Waals surface area contributed by atoms with Gasteiger partial charge in [0, 0.05) is 18.3 Å². The molecule has 0 spiro atoms. The lowest BCUT2D eigenvalue weighted by Crippen LogP contribution is -2.31. The van der Waals surface area contributed by atoms with Crippen LogP contribution in [0.15, 0.2) is 36.0 Å². The zero-order chi connectivity index (χ0) is 14.2. The molecule has 0 aromatic carbocycles. The number of rotatable bonds is 6. The molecule has 1 aliphatic rings. The van der Waals surface area contributed by atoms with Crippen LogP contribution < -0.4 is 15.8 Å². The summed E-state index contributed by atoms with van der Waals surface area (Å²) in [5, 5.41) is 2.94. The van der Waals surface area contributed by atoms with Gasteiger partial charge in [-0.05, 0) is 31.7 Å². The van der Waals surface area contributed by atoms with Crippen molar-refractivity contribution in [2.24, 2.45) is 10.7 Å². The Morgan fingerprint density at radius 1 is 1.55 bits per heavy atom. The standard InChI is InChI=1S/C15H22N4O/c1-2-9-18-15(16)19-11-12-6-5-10-17-14(12)20-13-7-3-4-8-13/h2,5-6,10,13H,1,3-4,7-9,11H2,(H3,16,18,19). The van der Waals surface area contributed by atoms with Crippen LogP contribution in [0.25, 0.3) is 0 Å². The number of nitrogens with two attached hydrogens (primary N) is 1. The molecule has 0 amide bonds. The summed E-state index contributed by atoms with van der Waals surface area (Å²) in [6, 6.07) is 3.86. The minimum atomic E-state index is 0.295. The fourth-order valence-electron chi connectivity index (χ4n) is 2.22. The zero-order valence-electron chi connectivity index (χ0n) is 11.7. The molecule has 3 N–H and O–H groups in total. The van der Waals surface area contributed by atoms with Gasteiger partial charge in [-0.1, -0.05) is 12.1 Å². The Labute approximate surface area is 120 Å². The van der Waals surface area contributed by atoms with E-state index in [1.54, 1.807) is 12.3 Å². The van der Waals surface area contributed by atoms with Crippen LogP contribution in [0, 0.1) is 0 Å². The Hall–Kier alpha value is -2.04. The van der Waals surface area contributed by atoms with E-state index in [-0.39, 0.29) is 0 Å². The van der Waals surface area contributed by atoms with Gasteiger partial charge in [0.15, 0.2) is 5.96 Å². The summed E-state index contributed by atoms with van der Waals surface area (Å²) in [5.74, 6) is 1.08. The molecular formula is C15H22N4O. The number of hydrogen-bond donors (Lipinski definition) is 2. The summed E-state index contributed by atoms with van der Waals surface area (Å²) in [6.07, 6.45) is 8.49. The van der Waals surface area contributed by atoms with Gasteiger partial charge in [-0.2, -0.15) is 0 Å². The zero-order valence-corrected chi connectivity index (χ0v) is 11.7. The van der Waals surface area contributed by atoms with Gasteiger partial charge in [-0.15, -0.1) is 6.58 Å². The molecule has 0 unspecified atom stereocenters. The highest BCUT2D eigenvalue weighted by atomic mass is 16.5. The van der Waals surface area contributed by atoms with Crippen molar-refractivity contribution in [2.45, 2.75) is 38.3 Å². The molecule has 0 bridgehead atoms. The molecule has 1 aromatic heterocycles. The molecule has 1 heterocycles. The van der Waals surface area contributed by atoms with Crippen LogP contribution in [-0.4, -0.2) is 23.6 Å². The predicted molar refractivity (Wildman–Crippen MR) is 80.6 cm³/mol. The monoisotopic (exact) mass is 274 g/mol. The van der Waals surface area contributed by atoms with Crippen molar-refractivity contribution in [2.75, 3.05) is 6.54 Å². The summed E-state index contributed by atoms with van der Waals surface area (Å²) in [6.45, 7) is 4.69. The molecule has 1 fully saturated rings. The molecule has 0 aliphatic heterocycles. The first-order valence-corrected chi connectivity index (χ1v) is 7.05. The van der Waals surface area contributed by atoms with E-state index in [1.165, 1.54) is 12.8 Å². The van der Waals surface area contributed by atoms with Gasteiger partial charge in [0.25, 0.3) is 0 Å². The van der Waals surface area contributed by atoms with E-state index in [0.29, 0.717) is 31.0 Å². The first-order chi connectivity index (χ1) is 9.79. The van der Waals surface area contributed by atoms with Gasteiger partial charge in [0.1, 0.15) is 6.10 Å². The molecule has 0 saturated heterocycles. The number of pyridine rings is 1. The third-order valence-electron chi connectivity index (χ3n) is 3.28. The molecule has 1 aromatic rings. The average molecular weight is 274 g/mol. The number of nitrogens with zero attached hydrogens (tertiary/aromatic N) is 2. The second-order valence-electron chi connectivity index (χ2n) is 4.86. The van der Waals surface area contributed by atoms with Crippen molar-refractivity contribution < 1.29 is 4.74 Å². The minimum Gasteiger partial charge on any atom is -0.474 e. The molecule has 5 heteroatoms. The predicted octanol–water partition coefficient (Wildman–Crippen LogP) is 1.99. The van der Waals surface area contributed by atoms with Gasteiger partial charge in [-0.3, -0.25) is 0 Å². The van der Waals surface area contributed by atoms with Crippen LogP contribution >= 0.6 is 0 Å². The molecule has 0 atom stereocenters. The van der Waals surface area contributed by atoms with Gasteiger partial charge < -0.3 is 15.8 Å². The summed E-state index contributed by atoms with van der Waals surface area (Å²) in [7, 11) is 0. The first-order valence-electron chi connectivity index (χ1n) is 7.05. The van der Waals surface area contributed by atoms with E-state index in [0.717, 1.165) is 18.4 Å². The maximum atomic E-state index is 5.96. The van der Waals surface area contributed by atoms with Crippen molar-refractivity contribution in [1.29, 1.82) is 0 Å². The van der Waals surface area contributed by atoms with Crippen LogP contribution in [0.4, 0.5) is 0 Å². The van der Waals surface area contributed by atoms with Crippen molar-refractivity contribution in [3.05, 3.63) is 36.5 Å². The Morgan fingerprint density at radius 2 is 2.35 bits per heavy atom. The summed E-state index contributed by atoms with van der Waals surface area (Å²) < 4.78 is 5.96. The lowest BCUT2D eigenvalue weighted by molar-refractivity contribution is 0.199. The number of aliphatic imine (C=N–C) groups is 1. The topological polar surface area (TPSA) is 72.5 Å². The Balaban J connectivity index is 1.97. The van der Waals surface area contributed by atoms with Crippen LogP contribution in [0.1, 0.15) is 31.2 Å². The van der Waals surface area contributed by atoms with Crippen LogP contribution in [0.3, 0.4) is 0 Å². The fraction of sp³-hybridized carbons (Fsp3) is 0.467. The Kier molecular flexibility index (Phi) is 5.41. The third-order valence-corrected chi connectivity index (χ3v) is 3.28. The maximum Gasteiger partial charge on any atom is 0.218 e. The molecule has 108 valence electrons. The molecule has 20 heavy (non-hydrogen) atoms. The van der Waals surface area contributed by atoms with Crippen molar-refractivity contribution in [3.8, 4) is 5.88 Å². The number of guanidine groups is 1. The normalized spacial score (nSPS) is 16.1. The van der Waals surface area contributed by atoms with Crippen molar-refractivity contribution >= 4 is 5.96 Å². The molecule has 1 saturated carbocycles. The lowest BCUT2D eigenvalue weighted by atomic mass is 10.2. The molecular weight excluding hydrogens is 252 g/mol. The number of ether oxygens (including phenoxy) is 1. The second-order valence-corrected chi connectivity index (χ2v) is 4.86. The SMILES string of the molecule is C=CCNC(N)=NCc1cccnc1OC1CCCC1. The minimum absolute atomic E-state index is 0.295. The second kappa shape index (κ2) is 7.53. The molecule has 5 nitrogen and oxygen atoms in total. The highest BCUT2D eigenvalue weighted by Crippen LogP contribution is 2.25. The number of nitrogens with one attached hydrogen (secondary N) is 1. The summed E-state index contributed by atoms with van der Waals surface area (Å²) in [5.41, 5.74) is 6.71. The van der Waals surface area contributed by atoms with Gasteiger partial charge in [0.2, 0.25) is 5.88 Å². The Morgan fingerprint density at radius 3 is 3.10 bits per heavy atom. The number of hydrogen-bond acceptors (Lipinski definition) is 3. The fourth-order valence-corrected chi connectivity index (χ4v) is 2.22. The molecule has 1 aliphatic carbocycles. The summed E-state index contributed by atoms with van der Waals surface area (Å²) in [4.78, 5) is 8.60. The lowest BCUT2D eigenvalue weighted by Gasteiger charge is -2.14. The van der Waals surface area contributed by atoms with E-state index in [1.807, 2.05) is 12.1 Å². The maximum absolute atomic E-state index is 5.96. The van der Waals surface area contributed by atoms with Crippen molar-refractivity contribution in [3.63, 3.8) is 0 Å². The Bertz CT molecular complexity index is 467. The molecule has 2 rings (SSSR count). The highest BCUT2D eigenvalue weighted by molar-refractivity contribution is 5.77. The quantitative estimate of drug-likeness (QED) is 0.473. The average Bonchev–Trinajstić information content (AvgIpc) is 2.97. The largest absolute Gasteiger partial charge is 0.474 e. The smallest absolute Gasteiger partial charge is 0.218 e. The van der Waals surface area contributed by atoms with Crippen LogP contribution in [-0.2, 0) is 6.54 Å². The van der Waals surface area contributed by atoms with Crippen LogP contribution in [0.2, 0.25) is 0 Å².